The summed E-state index contributed by atoms with van der Waals surface area (Å²) in [6.45, 7) is 7.56. The molecule has 0 spiro atoms. The summed E-state index contributed by atoms with van der Waals surface area (Å²) in [6, 6.07) is 7.32. The van der Waals surface area contributed by atoms with Gasteiger partial charge < -0.3 is 15.2 Å². The van der Waals surface area contributed by atoms with Crippen molar-refractivity contribution >= 4 is 23.2 Å². The Morgan fingerprint density at radius 1 is 1.10 bits per heavy atom. The number of nitrogens with zero attached hydrogens (tertiary/aromatic N) is 6. The number of hydrogen-bond donors (Lipinski definition) is 2. The van der Waals surface area contributed by atoms with Crippen LogP contribution in [-0.4, -0.2) is 41.0 Å². The zero-order valence-electron chi connectivity index (χ0n) is 21.7. The molecule has 206 valence electrons. The van der Waals surface area contributed by atoms with E-state index in [1.165, 1.54) is 23.1 Å². The van der Waals surface area contributed by atoms with Gasteiger partial charge in [0.25, 0.3) is 0 Å². The summed E-state index contributed by atoms with van der Waals surface area (Å²) in [4.78, 5) is 8.70. The number of benzene rings is 1. The molecule has 0 aliphatic heterocycles. The fourth-order valence-corrected chi connectivity index (χ4v) is 4.68. The monoisotopic (exact) mass is 561 g/mol. The average molecular weight is 562 g/mol. The van der Waals surface area contributed by atoms with Crippen LogP contribution in [0.3, 0.4) is 0 Å². The van der Waals surface area contributed by atoms with Gasteiger partial charge in [-0.2, -0.15) is 10.2 Å². The van der Waals surface area contributed by atoms with Crippen molar-refractivity contribution in [2.24, 2.45) is 5.92 Å². The predicted molar refractivity (Wildman–Crippen MR) is 139 cm³/mol. The zero-order chi connectivity index (χ0) is 28.1. The highest BCUT2D eigenvalue weighted by molar-refractivity contribution is 6.32. The number of aromatic nitrogens is 6. The van der Waals surface area contributed by atoms with Crippen molar-refractivity contribution in [3.63, 3.8) is 0 Å². The van der Waals surface area contributed by atoms with Crippen molar-refractivity contribution in [1.82, 2.24) is 29.5 Å². The highest BCUT2D eigenvalue weighted by Gasteiger charge is 2.31. The Morgan fingerprint density at radius 2 is 1.79 bits per heavy atom. The second-order valence-corrected chi connectivity index (χ2v) is 10.5. The van der Waals surface area contributed by atoms with Gasteiger partial charge in [0.1, 0.15) is 29.3 Å². The highest BCUT2D eigenvalue weighted by atomic mass is 35.5. The molecule has 1 saturated carbocycles. The van der Waals surface area contributed by atoms with E-state index in [4.69, 9.17) is 16.7 Å². The molecule has 4 aromatic rings. The van der Waals surface area contributed by atoms with Crippen LogP contribution in [0.1, 0.15) is 43.6 Å². The molecule has 0 amide bonds. The highest BCUT2D eigenvalue weighted by Crippen LogP contribution is 2.37. The van der Waals surface area contributed by atoms with Crippen molar-refractivity contribution in [3.05, 3.63) is 58.6 Å². The van der Waals surface area contributed by atoms with Gasteiger partial charge in [0.15, 0.2) is 5.82 Å². The van der Waals surface area contributed by atoms with Gasteiger partial charge in [0.05, 0.1) is 22.1 Å². The average Bonchev–Trinajstić information content (AvgIpc) is 3.54. The van der Waals surface area contributed by atoms with Crippen molar-refractivity contribution in [3.8, 4) is 22.8 Å². The first-order valence-corrected chi connectivity index (χ1v) is 12.7. The molecule has 39 heavy (non-hydrogen) atoms. The molecule has 1 aliphatic carbocycles. The van der Waals surface area contributed by atoms with Crippen LogP contribution in [-0.2, 0) is 12.1 Å². The van der Waals surface area contributed by atoms with E-state index in [2.05, 4.69) is 25.1 Å². The molecule has 5 rings (SSSR count). The minimum atomic E-state index is -4.76. The summed E-state index contributed by atoms with van der Waals surface area (Å²) >= 11 is 6.44. The van der Waals surface area contributed by atoms with E-state index in [0.717, 1.165) is 18.4 Å². The largest absolute Gasteiger partial charge is 0.573 e. The quantitative estimate of drug-likeness (QED) is 0.269. The lowest BCUT2D eigenvalue weighted by molar-refractivity contribution is -0.274. The number of hydrogen-bond acceptors (Lipinski definition) is 7. The van der Waals surface area contributed by atoms with Crippen molar-refractivity contribution < 1.29 is 23.0 Å². The van der Waals surface area contributed by atoms with E-state index in [9.17, 15) is 18.3 Å². The molecule has 3 aromatic heterocycles. The van der Waals surface area contributed by atoms with Crippen LogP contribution in [0.4, 0.5) is 24.8 Å². The maximum absolute atomic E-state index is 12.6. The van der Waals surface area contributed by atoms with Gasteiger partial charge in [-0.05, 0) is 70.7 Å². The Hall–Kier alpha value is -3.64. The topological polar surface area (TPSA) is 103 Å². The maximum atomic E-state index is 12.6. The fourth-order valence-electron chi connectivity index (χ4n) is 4.33. The summed E-state index contributed by atoms with van der Waals surface area (Å²) < 4.78 is 45.1. The summed E-state index contributed by atoms with van der Waals surface area (Å²) in [7, 11) is 0. The number of ether oxygens (including phenoxy) is 1. The van der Waals surface area contributed by atoms with E-state index in [-0.39, 0.29) is 5.75 Å². The number of nitrogens with one attached hydrogen (secondary N) is 1. The van der Waals surface area contributed by atoms with Crippen LogP contribution in [0, 0.1) is 19.8 Å². The van der Waals surface area contributed by atoms with Gasteiger partial charge in [-0.3, -0.25) is 0 Å². The van der Waals surface area contributed by atoms with Gasteiger partial charge in [-0.1, -0.05) is 11.6 Å². The molecule has 1 aliphatic rings. The lowest BCUT2D eigenvalue weighted by Crippen LogP contribution is -2.22. The second kappa shape index (κ2) is 9.83. The predicted octanol–water partition coefficient (Wildman–Crippen LogP) is 6.08. The number of aryl methyl sites for hydroxylation is 1. The molecule has 0 saturated heterocycles. The second-order valence-electron chi connectivity index (χ2n) is 10.1. The van der Waals surface area contributed by atoms with Gasteiger partial charge in [0, 0.05) is 23.7 Å². The number of aliphatic hydroxyl groups is 1. The van der Waals surface area contributed by atoms with E-state index in [1.54, 1.807) is 39.0 Å². The molecule has 1 fully saturated rings. The summed E-state index contributed by atoms with van der Waals surface area (Å²) in [5.41, 5.74) is 1.77. The third-order valence-corrected chi connectivity index (χ3v) is 6.81. The van der Waals surface area contributed by atoms with Crippen LogP contribution < -0.4 is 10.1 Å². The standard InChI is InChI=1S/C26H27ClF3N7O2/c1-14-22(17-7-9-18(10-8-17)39-26(28,29)30)35-36(12-16-5-6-16)24(14)33-19-11-20(32-13-31-19)37-23(25(3,4)38)21(27)15(2)34-37/h7-11,13,16,38H,5-6,12H2,1-4H3,(H,31,32,33). The number of rotatable bonds is 8. The van der Waals surface area contributed by atoms with E-state index < -0.39 is 12.0 Å². The number of alkyl halides is 3. The third kappa shape index (κ3) is 5.86. The Morgan fingerprint density at radius 3 is 2.41 bits per heavy atom. The summed E-state index contributed by atoms with van der Waals surface area (Å²) in [6.07, 6.45) is -1.17. The minimum Gasteiger partial charge on any atom is -0.406 e. The minimum absolute atomic E-state index is 0.299. The van der Waals surface area contributed by atoms with Crippen LogP contribution in [0.15, 0.2) is 36.7 Å². The van der Waals surface area contributed by atoms with Gasteiger partial charge in [0.2, 0.25) is 0 Å². The Kier molecular flexibility index (Phi) is 6.79. The van der Waals surface area contributed by atoms with E-state index in [1.807, 2.05) is 11.6 Å². The fraction of sp³-hybridized carbons (Fsp3) is 0.385. The van der Waals surface area contributed by atoms with Crippen LogP contribution >= 0.6 is 11.6 Å². The molecule has 0 radical (unpaired) electrons. The van der Waals surface area contributed by atoms with Crippen molar-refractivity contribution in [1.29, 1.82) is 0 Å². The first-order valence-electron chi connectivity index (χ1n) is 12.3. The van der Waals surface area contributed by atoms with Crippen LogP contribution in [0.2, 0.25) is 5.02 Å². The molecule has 3 heterocycles. The Bertz CT molecular complexity index is 1500. The number of halogens is 4. The number of anilines is 2. The zero-order valence-corrected chi connectivity index (χ0v) is 22.5. The van der Waals surface area contributed by atoms with Crippen molar-refractivity contribution in [2.45, 2.75) is 59.0 Å². The Labute approximate surface area is 227 Å². The van der Waals surface area contributed by atoms with Gasteiger partial charge in [-0.15, -0.1) is 13.2 Å². The van der Waals surface area contributed by atoms with Crippen LogP contribution in [0.5, 0.6) is 5.75 Å². The smallest absolute Gasteiger partial charge is 0.406 e. The Balaban J connectivity index is 1.49. The maximum Gasteiger partial charge on any atom is 0.573 e. The molecular weight excluding hydrogens is 535 g/mol. The summed E-state index contributed by atoms with van der Waals surface area (Å²) in [5, 5.41) is 23.6. The molecule has 13 heteroatoms. The lowest BCUT2D eigenvalue weighted by atomic mass is 10.1. The van der Waals surface area contributed by atoms with E-state index >= 15 is 0 Å². The normalized spacial score (nSPS) is 14.1. The third-order valence-electron chi connectivity index (χ3n) is 6.36. The molecule has 9 nitrogen and oxygen atoms in total. The molecule has 0 atom stereocenters. The molecule has 1 aromatic carbocycles. The van der Waals surface area contributed by atoms with Gasteiger partial charge in [-0.25, -0.2) is 19.3 Å². The molecule has 2 N–H and O–H groups in total. The first-order chi connectivity index (χ1) is 18.3. The molecular formula is C26H27ClF3N7O2. The molecule has 0 unspecified atom stereocenters. The van der Waals surface area contributed by atoms with Gasteiger partial charge >= 0.3 is 6.36 Å². The first kappa shape index (κ1) is 26.9. The van der Waals surface area contributed by atoms with Crippen molar-refractivity contribution in [2.75, 3.05) is 5.32 Å². The molecule has 0 bridgehead atoms. The lowest BCUT2D eigenvalue weighted by Gasteiger charge is -2.19. The van der Waals surface area contributed by atoms with Crippen LogP contribution in [0.25, 0.3) is 17.1 Å². The SMILES string of the molecule is Cc1nn(-c2cc(Nc3c(C)c(-c4ccc(OC(F)(F)F)cc4)nn3CC3CC3)ncn2)c(C(C)(C)O)c1Cl. The van der Waals surface area contributed by atoms with E-state index in [0.29, 0.717) is 57.6 Å². The summed E-state index contributed by atoms with van der Waals surface area (Å²) in [5.74, 6) is 1.78.